The zero-order valence-electron chi connectivity index (χ0n) is 11.1. The molecule has 0 atom stereocenters. The van der Waals surface area contributed by atoms with Gasteiger partial charge in [0.25, 0.3) is 0 Å². The van der Waals surface area contributed by atoms with E-state index in [2.05, 4.69) is 17.2 Å². The molecule has 1 saturated carbocycles. The summed E-state index contributed by atoms with van der Waals surface area (Å²) in [6, 6.07) is 3.53. The number of H-pyrrole nitrogens is 1. The molecule has 1 aromatic carbocycles. The fourth-order valence-corrected chi connectivity index (χ4v) is 2.78. The molecule has 1 aliphatic rings. The van der Waals surface area contributed by atoms with Crippen molar-refractivity contribution in [2.45, 2.75) is 32.6 Å². The molecule has 1 heterocycles. The Hall–Kier alpha value is -1.91. The molecular weight excluding hydrogens is 242 g/mol. The van der Waals surface area contributed by atoms with Gasteiger partial charge in [-0.3, -0.25) is 4.98 Å². The summed E-state index contributed by atoms with van der Waals surface area (Å²) in [5.74, 6) is -0.449. The minimum absolute atomic E-state index is 0.422. The van der Waals surface area contributed by atoms with E-state index in [0.29, 0.717) is 22.2 Å². The molecule has 0 aliphatic heterocycles. The maximum atomic E-state index is 11.1. The number of benzene rings is 1. The summed E-state index contributed by atoms with van der Waals surface area (Å²) in [5, 5.41) is 3.42. The van der Waals surface area contributed by atoms with Crippen LogP contribution in [-0.2, 0) is 0 Å². The fourth-order valence-electron chi connectivity index (χ4n) is 2.78. The van der Waals surface area contributed by atoms with Gasteiger partial charge in [-0.05, 0) is 30.7 Å². The number of anilines is 2. The number of nitrogens with one attached hydrogen (secondary N) is 2. The van der Waals surface area contributed by atoms with E-state index in [-0.39, 0.29) is 0 Å². The Kier molecular flexibility index (Phi) is 2.77. The summed E-state index contributed by atoms with van der Waals surface area (Å²) in [5.41, 5.74) is 9.07. The molecular formula is C14H19N3O2. The molecule has 4 N–H and O–H groups in total. The first-order valence-electron chi connectivity index (χ1n) is 6.78. The van der Waals surface area contributed by atoms with Crippen LogP contribution in [0.4, 0.5) is 11.4 Å². The van der Waals surface area contributed by atoms with Crippen molar-refractivity contribution in [2.75, 3.05) is 17.6 Å². The summed E-state index contributed by atoms with van der Waals surface area (Å²) in [4.78, 5) is 13.8. The molecule has 0 amide bonds. The second kappa shape index (κ2) is 4.33. The molecule has 102 valence electrons. The second-order valence-electron chi connectivity index (χ2n) is 5.51. The van der Waals surface area contributed by atoms with Gasteiger partial charge >= 0.3 is 5.76 Å². The molecule has 0 radical (unpaired) electrons. The monoisotopic (exact) mass is 261 g/mol. The van der Waals surface area contributed by atoms with Crippen molar-refractivity contribution in [1.82, 2.24) is 4.98 Å². The van der Waals surface area contributed by atoms with Gasteiger partial charge in [0.15, 0.2) is 5.58 Å². The number of nitrogens with two attached hydrogens (primary N) is 1. The average molecular weight is 261 g/mol. The number of hydrogen-bond acceptors (Lipinski definition) is 4. The smallest absolute Gasteiger partial charge is 0.408 e. The van der Waals surface area contributed by atoms with Gasteiger partial charge < -0.3 is 15.5 Å². The largest absolute Gasteiger partial charge is 0.417 e. The summed E-state index contributed by atoms with van der Waals surface area (Å²) in [6.45, 7) is 3.17. The number of aromatic nitrogens is 1. The Morgan fingerprint density at radius 1 is 1.47 bits per heavy atom. The molecule has 3 rings (SSSR count). The molecule has 19 heavy (non-hydrogen) atoms. The number of rotatable bonds is 4. The highest BCUT2D eigenvalue weighted by Crippen LogP contribution is 2.44. The molecule has 1 fully saturated rings. The van der Waals surface area contributed by atoms with Crippen LogP contribution in [0.2, 0.25) is 0 Å². The predicted octanol–water partition coefficient (Wildman–Crippen LogP) is 2.70. The number of nitrogen functional groups attached to an aromatic ring is 1. The van der Waals surface area contributed by atoms with E-state index in [1.54, 1.807) is 6.07 Å². The lowest BCUT2D eigenvalue weighted by atomic mass is 9.67. The van der Waals surface area contributed by atoms with E-state index in [1.807, 2.05) is 6.07 Å². The Bertz CT molecular complexity index is 647. The molecule has 0 spiro atoms. The summed E-state index contributed by atoms with van der Waals surface area (Å²) >= 11 is 0. The quantitative estimate of drug-likeness (QED) is 0.739. The molecule has 5 nitrogen and oxygen atoms in total. The van der Waals surface area contributed by atoms with Crippen molar-refractivity contribution in [3.8, 4) is 0 Å². The van der Waals surface area contributed by atoms with E-state index < -0.39 is 5.76 Å². The highest BCUT2D eigenvalue weighted by molar-refractivity contribution is 5.85. The van der Waals surface area contributed by atoms with Crippen LogP contribution in [0, 0.1) is 5.41 Å². The van der Waals surface area contributed by atoms with Gasteiger partial charge in [0.2, 0.25) is 0 Å². The Morgan fingerprint density at radius 2 is 2.26 bits per heavy atom. The highest BCUT2D eigenvalue weighted by Gasteiger charge is 2.34. The van der Waals surface area contributed by atoms with Crippen LogP contribution in [0.15, 0.2) is 21.3 Å². The van der Waals surface area contributed by atoms with Gasteiger partial charge in [-0.15, -0.1) is 0 Å². The lowest BCUT2D eigenvalue weighted by molar-refractivity contribution is 0.145. The van der Waals surface area contributed by atoms with Crippen molar-refractivity contribution < 1.29 is 4.42 Å². The Morgan fingerprint density at radius 3 is 2.89 bits per heavy atom. The van der Waals surface area contributed by atoms with Gasteiger partial charge in [0, 0.05) is 12.6 Å². The van der Waals surface area contributed by atoms with Crippen molar-refractivity contribution in [1.29, 1.82) is 0 Å². The van der Waals surface area contributed by atoms with E-state index in [0.717, 1.165) is 12.2 Å². The van der Waals surface area contributed by atoms with E-state index in [9.17, 15) is 4.79 Å². The Labute approximate surface area is 111 Å². The Balaban J connectivity index is 1.84. The van der Waals surface area contributed by atoms with Crippen LogP contribution in [0.5, 0.6) is 0 Å². The van der Waals surface area contributed by atoms with Crippen LogP contribution in [0.1, 0.15) is 32.6 Å². The molecule has 0 saturated heterocycles. The normalized spacial score (nSPS) is 17.3. The third kappa shape index (κ3) is 2.09. The second-order valence-corrected chi connectivity index (χ2v) is 5.51. The van der Waals surface area contributed by atoms with Gasteiger partial charge in [-0.1, -0.05) is 13.3 Å². The summed E-state index contributed by atoms with van der Waals surface area (Å²) in [7, 11) is 0. The number of fused-ring (bicyclic) bond motifs is 1. The van der Waals surface area contributed by atoms with Crippen LogP contribution < -0.4 is 16.8 Å². The lowest BCUT2D eigenvalue weighted by Gasteiger charge is -2.41. The van der Waals surface area contributed by atoms with Crippen LogP contribution in [0.3, 0.4) is 0 Å². The van der Waals surface area contributed by atoms with Crippen molar-refractivity contribution >= 4 is 22.5 Å². The molecule has 1 aromatic heterocycles. The molecule has 2 aromatic rings. The third-order valence-electron chi connectivity index (χ3n) is 4.41. The van der Waals surface area contributed by atoms with E-state index in [1.165, 1.54) is 25.7 Å². The minimum atomic E-state index is -0.449. The number of aromatic amines is 1. The summed E-state index contributed by atoms with van der Waals surface area (Å²) < 4.78 is 4.98. The highest BCUT2D eigenvalue weighted by atomic mass is 16.4. The van der Waals surface area contributed by atoms with Gasteiger partial charge in [0.1, 0.15) is 0 Å². The zero-order valence-corrected chi connectivity index (χ0v) is 11.1. The first kappa shape index (κ1) is 12.1. The maximum Gasteiger partial charge on any atom is 0.417 e. The summed E-state index contributed by atoms with van der Waals surface area (Å²) in [6.07, 6.45) is 5.06. The average Bonchev–Trinajstić information content (AvgIpc) is 2.67. The first-order valence-corrected chi connectivity index (χ1v) is 6.78. The molecule has 5 heteroatoms. The zero-order chi connectivity index (χ0) is 13.5. The van der Waals surface area contributed by atoms with Gasteiger partial charge in [0.05, 0.1) is 16.9 Å². The molecule has 1 aliphatic carbocycles. The van der Waals surface area contributed by atoms with E-state index >= 15 is 0 Å². The standard InChI is InChI=1S/C14H19N3O2/c1-2-14(4-3-5-14)8-16-10-7-11-12(6-9(10)15)19-13(18)17-11/h6-7,16H,2-5,8,15H2,1H3,(H,17,18). The minimum Gasteiger partial charge on any atom is -0.408 e. The van der Waals surface area contributed by atoms with Crippen LogP contribution >= 0.6 is 0 Å². The molecule has 0 unspecified atom stereocenters. The number of hydrogen-bond donors (Lipinski definition) is 3. The van der Waals surface area contributed by atoms with Crippen LogP contribution in [0.25, 0.3) is 11.1 Å². The van der Waals surface area contributed by atoms with Crippen molar-refractivity contribution in [3.05, 3.63) is 22.7 Å². The number of oxazole rings is 1. The maximum absolute atomic E-state index is 11.1. The lowest BCUT2D eigenvalue weighted by Crippen LogP contribution is -2.35. The van der Waals surface area contributed by atoms with Crippen molar-refractivity contribution in [3.63, 3.8) is 0 Å². The SMILES string of the molecule is CCC1(CNc2cc3[nH]c(=O)oc3cc2N)CCC1. The topological polar surface area (TPSA) is 84.0 Å². The predicted molar refractivity (Wildman–Crippen MR) is 76.3 cm³/mol. The first-order chi connectivity index (χ1) is 9.12. The van der Waals surface area contributed by atoms with E-state index in [4.69, 9.17) is 10.2 Å². The fraction of sp³-hybridized carbons (Fsp3) is 0.500. The van der Waals surface area contributed by atoms with Gasteiger partial charge in [-0.25, -0.2) is 4.79 Å². The van der Waals surface area contributed by atoms with Gasteiger partial charge in [-0.2, -0.15) is 0 Å². The third-order valence-corrected chi connectivity index (χ3v) is 4.41. The van der Waals surface area contributed by atoms with Crippen molar-refractivity contribution in [2.24, 2.45) is 5.41 Å². The van der Waals surface area contributed by atoms with Crippen LogP contribution in [-0.4, -0.2) is 11.5 Å². The molecule has 0 bridgehead atoms.